The van der Waals surface area contributed by atoms with E-state index in [0.717, 1.165) is 11.1 Å². The molecule has 0 radical (unpaired) electrons. The van der Waals surface area contributed by atoms with Crippen molar-refractivity contribution in [3.63, 3.8) is 0 Å². The topological polar surface area (TPSA) is 0 Å². The van der Waals surface area contributed by atoms with Crippen LogP contribution >= 0.6 is 0 Å². The molecular weight excluding hydrogens is 144 g/mol. The van der Waals surface area contributed by atoms with Gasteiger partial charge in [0.2, 0.25) is 0 Å². The van der Waals surface area contributed by atoms with E-state index in [2.05, 4.69) is 0 Å². The van der Waals surface area contributed by atoms with E-state index in [1.807, 2.05) is 6.92 Å². The lowest BCUT2D eigenvalue weighted by Gasteiger charge is -2.05. The van der Waals surface area contributed by atoms with Gasteiger partial charge in [-0.25, -0.2) is 0 Å². The lowest BCUT2D eigenvalue weighted by Crippen LogP contribution is -1.86. The third-order valence-corrected chi connectivity index (χ3v) is 1.88. The molecule has 1 aromatic rings. The van der Waals surface area contributed by atoms with E-state index in [-0.39, 0.29) is 18.1 Å². The van der Waals surface area contributed by atoms with Crippen LogP contribution in [0.1, 0.15) is 34.7 Å². The van der Waals surface area contributed by atoms with Crippen molar-refractivity contribution >= 4 is 6.05 Å². The first-order chi connectivity index (χ1) is 7.29. The van der Waals surface area contributed by atoms with Crippen molar-refractivity contribution in [2.45, 2.75) is 27.7 Å². The van der Waals surface area contributed by atoms with Gasteiger partial charge in [-0.1, -0.05) is 24.2 Å². The van der Waals surface area contributed by atoms with Gasteiger partial charge in [0, 0.05) is 0 Å². The molecule has 0 bridgehead atoms. The van der Waals surface area contributed by atoms with E-state index < -0.39 is 0 Å². The molecule has 0 aliphatic heterocycles. The molecule has 0 fully saturated rings. The summed E-state index contributed by atoms with van der Waals surface area (Å²) in [4.78, 5) is 0. The second kappa shape index (κ2) is 3.57. The van der Waals surface area contributed by atoms with Gasteiger partial charge in [0.25, 0.3) is 0 Å². The van der Waals surface area contributed by atoms with Gasteiger partial charge in [-0.05, 0) is 49.9 Å². The van der Waals surface area contributed by atoms with Gasteiger partial charge in [0.15, 0.2) is 0 Å². The molecule has 0 heteroatoms. The molecule has 0 aliphatic rings. The summed E-state index contributed by atoms with van der Waals surface area (Å²) in [5, 5.41) is 0. The zero-order chi connectivity index (χ0) is 12.6. The summed E-state index contributed by atoms with van der Waals surface area (Å²) in [5.74, 6) is 0. The summed E-state index contributed by atoms with van der Waals surface area (Å²) in [6, 6.07) is 0.801. The number of hydrogen-bond donors (Lipinski definition) is 0. The highest BCUT2D eigenvalue weighted by Gasteiger charge is 1.97. The van der Waals surface area contributed by atoms with Gasteiger partial charge in [-0.3, -0.25) is 0 Å². The van der Waals surface area contributed by atoms with Crippen LogP contribution in [0.4, 0.5) is 0 Å². The Bertz CT molecular complexity index is 439. The zero-order valence-electron chi connectivity index (χ0n) is 12.0. The van der Waals surface area contributed by atoms with Crippen molar-refractivity contribution in [1.29, 1.82) is 0 Å². The number of allylic oxidation sites excluding steroid dienone is 1. The standard InChI is InChI=1S/C12H16/c1-5-6-12-8-10(3)9(2)7-11(12)4/h5-8H,1-4H3/b6-5+/i5D,6D,7D,8D. The van der Waals surface area contributed by atoms with Gasteiger partial charge in [0.1, 0.15) is 0 Å². The molecule has 0 saturated heterocycles. The maximum absolute atomic E-state index is 7.98. The smallest absolute Gasteiger partial charge is 0.0632 e. The zero-order valence-corrected chi connectivity index (χ0v) is 8.00. The Labute approximate surface area is 80.6 Å². The monoisotopic (exact) mass is 164 g/mol. The van der Waals surface area contributed by atoms with Crippen molar-refractivity contribution in [2.24, 2.45) is 0 Å². The van der Waals surface area contributed by atoms with E-state index in [1.165, 1.54) is 6.92 Å². The fourth-order valence-electron chi connectivity index (χ4n) is 1.06. The predicted octanol–water partition coefficient (Wildman–Crippen LogP) is 3.64. The fraction of sp³-hybridized carbons (Fsp3) is 0.333. The van der Waals surface area contributed by atoms with Crippen molar-refractivity contribution in [3.05, 3.63) is 40.4 Å². The van der Waals surface area contributed by atoms with Crippen LogP contribution in [0.2, 0.25) is 0 Å². The highest BCUT2D eigenvalue weighted by Crippen LogP contribution is 2.16. The third kappa shape index (κ3) is 1.76. The number of rotatable bonds is 1. The first-order valence-electron chi connectivity index (χ1n) is 6.00. The summed E-state index contributed by atoms with van der Waals surface area (Å²) in [6.07, 6.45) is 0. The second-order valence-corrected chi connectivity index (χ2v) is 2.88. The molecule has 0 aromatic heterocycles. The van der Waals surface area contributed by atoms with E-state index in [0.29, 0.717) is 17.2 Å². The van der Waals surface area contributed by atoms with Crippen molar-refractivity contribution in [2.75, 3.05) is 0 Å². The minimum absolute atomic E-state index is 0.0408. The van der Waals surface area contributed by atoms with Crippen LogP contribution in [0.3, 0.4) is 0 Å². The van der Waals surface area contributed by atoms with Gasteiger partial charge < -0.3 is 0 Å². The van der Waals surface area contributed by atoms with Gasteiger partial charge in [-0.15, -0.1) is 0 Å². The summed E-state index contributed by atoms with van der Waals surface area (Å²) >= 11 is 0. The van der Waals surface area contributed by atoms with Gasteiger partial charge in [0.05, 0.1) is 5.48 Å². The normalized spacial score (nSPS) is 17.3. The van der Waals surface area contributed by atoms with Crippen molar-refractivity contribution in [3.8, 4) is 0 Å². The van der Waals surface area contributed by atoms with Crippen molar-refractivity contribution in [1.82, 2.24) is 0 Å². The fourth-order valence-corrected chi connectivity index (χ4v) is 1.06. The molecule has 12 heavy (non-hydrogen) atoms. The van der Waals surface area contributed by atoms with Crippen LogP contribution < -0.4 is 0 Å². The van der Waals surface area contributed by atoms with Gasteiger partial charge >= 0.3 is 0 Å². The lowest BCUT2D eigenvalue weighted by atomic mass is 10.0. The number of benzene rings is 1. The molecular formula is C12H16. The Morgan fingerprint density at radius 2 is 1.75 bits per heavy atom. The molecule has 64 valence electrons. The predicted molar refractivity (Wildman–Crippen MR) is 55.4 cm³/mol. The largest absolute Gasteiger partial charge is 0.0871 e. The Morgan fingerprint density at radius 1 is 1.17 bits per heavy atom. The first kappa shape index (κ1) is 4.86. The van der Waals surface area contributed by atoms with E-state index in [1.54, 1.807) is 13.8 Å². The molecule has 0 aliphatic carbocycles. The van der Waals surface area contributed by atoms with Crippen LogP contribution in [0.5, 0.6) is 0 Å². The molecule has 0 heterocycles. The minimum Gasteiger partial charge on any atom is -0.0871 e. The van der Waals surface area contributed by atoms with Crippen LogP contribution in [-0.2, 0) is 0 Å². The Morgan fingerprint density at radius 3 is 2.33 bits per heavy atom. The summed E-state index contributed by atoms with van der Waals surface area (Å²) in [7, 11) is 0. The Balaban J connectivity index is 3.72. The van der Waals surface area contributed by atoms with Crippen molar-refractivity contribution < 1.29 is 5.48 Å². The molecule has 0 nitrogen and oxygen atoms in total. The van der Waals surface area contributed by atoms with Crippen LogP contribution in [0, 0.1) is 20.8 Å². The molecule has 0 N–H and O–H groups in total. The summed E-state index contributed by atoms with van der Waals surface area (Å²) in [5.41, 5.74) is 2.53. The maximum Gasteiger partial charge on any atom is 0.0632 e. The highest BCUT2D eigenvalue weighted by atomic mass is 14.0. The Kier molecular flexibility index (Phi) is 1.45. The minimum atomic E-state index is 0.0408. The van der Waals surface area contributed by atoms with Crippen LogP contribution in [-0.4, -0.2) is 0 Å². The van der Waals surface area contributed by atoms with Crippen LogP contribution in [0.25, 0.3) is 6.05 Å². The molecule has 0 spiro atoms. The molecule has 0 amide bonds. The molecule has 1 aromatic carbocycles. The average molecular weight is 164 g/mol. The summed E-state index contributed by atoms with van der Waals surface area (Å²) < 4.78 is 31.1. The number of hydrogen-bond acceptors (Lipinski definition) is 0. The summed E-state index contributed by atoms with van der Waals surface area (Å²) in [6.45, 7) is 6.86. The SMILES string of the molecule is [2H]/C(C)=C(/[2H])c1c([2H])c(C)c(C)c([2H])c1C. The molecule has 1 rings (SSSR count). The Hall–Kier alpha value is -1.04. The van der Waals surface area contributed by atoms with E-state index in [4.69, 9.17) is 5.48 Å². The quantitative estimate of drug-likeness (QED) is 0.594. The van der Waals surface area contributed by atoms with E-state index >= 15 is 0 Å². The lowest BCUT2D eigenvalue weighted by molar-refractivity contribution is 1.29. The molecule has 0 unspecified atom stereocenters. The van der Waals surface area contributed by atoms with E-state index in [9.17, 15) is 0 Å². The second-order valence-electron chi connectivity index (χ2n) is 2.88. The first-order valence-corrected chi connectivity index (χ1v) is 4.00. The maximum atomic E-state index is 7.98. The van der Waals surface area contributed by atoms with Crippen LogP contribution in [0.15, 0.2) is 18.1 Å². The molecule has 0 atom stereocenters. The molecule has 0 saturated carbocycles. The van der Waals surface area contributed by atoms with Gasteiger partial charge in [-0.2, -0.15) is 0 Å². The average Bonchev–Trinajstić information content (AvgIpc) is 2.23. The highest BCUT2D eigenvalue weighted by molar-refractivity contribution is 5.55. The third-order valence-electron chi connectivity index (χ3n) is 1.88.